The SMILES string of the molecule is CN(C)C(=O)COc1ccc(C(=O)/C=C/c2ccc(Cl)c(Cl)c2)cc1. The van der Waals surface area contributed by atoms with E-state index in [4.69, 9.17) is 27.9 Å². The molecule has 1 amide bonds. The number of likely N-dealkylation sites (N-methyl/N-ethyl adjacent to an activating group) is 1. The van der Waals surface area contributed by atoms with Crippen molar-refractivity contribution in [2.24, 2.45) is 0 Å². The topological polar surface area (TPSA) is 46.6 Å². The highest BCUT2D eigenvalue weighted by Gasteiger charge is 2.06. The predicted molar refractivity (Wildman–Crippen MR) is 100 cm³/mol. The second-order valence-corrected chi connectivity index (χ2v) is 6.29. The molecule has 0 unspecified atom stereocenters. The maximum absolute atomic E-state index is 12.2. The van der Waals surface area contributed by atoms with Crippen molar-refractivity contribution in [2.45, 2.75) is 0 Å². The van der Waals surface area contributed by atoms with Gasteiger partial charge in [0.25, 0.3) is 5.91 Å². The molecule has 0 bridgehead atoms. The first-order valence-electron chi connectivity index (χ1n) is 7.47. The Bertz CT molecular complexity index is 799. The minimum absolute atomic E-state index is 0.0441. The van der Waals surface area contributed by atoms with E-state index in [1.165, 1.54) is 11.0 Å². The number of nitrogens with zero attached hydrogens (tertiary/aromatic N) is 1. The van der Waals surface area contributed by atoms with Gasteiger partial charge in [-0.15, -0.1) is 0 Å². The van der Waals surface area contributed by atoms with Gasteiger partial charge in [-0.05, 0) is 48.0 Å². The zero-order valence-electron chi connectivity index (χ0n) is 13.8. The quantitative estimate of drug-likeness (QED) is 0.555. The number of carbonyl (C=O) groups is 2. The highest BCUT2D eigenvalue weighted by Crippen LogP contribution is 2.23. The lowest BCUT2D eigenvalue weighted by molar-refractivity contribution is -0.130. The van der Waals surface area contributed by atoms with Crippen molar-refractivity contribution in [1.82, 2.24) is 4.90 Å². The first-order valence-corrected chi connectivity index (χ1v) is 8.23. The number of rotatable bonds is 6. The van der Waals surface area contributed by atoms with Gasteiger partial charge in [0.15, 0.2) is 12.4 Å². The van der Waals surface area contributed by atoms with E-state index >= 15 is 0 Å². The molecule has 0 heterocycles. The number of halogens is 2. The maximum atomic E-state index is 12.2. The van der Waals surface area contributed by atoms with Crippen LogP contribution in [-0.4, -0.2) is 37.3 Å². The number of ether oxygens (including phenoxy) is 1. The van der Waals surface area contributed by atoms with Gasteiger partial charge in [-0.25, -0.2) is 0 Å². The summed E-state index contributed by atoms with van der Waals surface area (Å²) in [5, 5.41) is 0.901. The summed E-state index contributed by atoms with van der Waals surface area (Å²) in [5.41, 5.74) is 1.30. The zero-order valence-corrected chi connectivity index (χ0v) is 15.3. The van der Waals surface area contributed by atoms with Crippen LogP contribution >= 0.6 is 23.2 Å². The lowest BCUT2D eigenvalue weighted by Gasteiger charge is -2.11. The van der Waals surface area contributed by atoms with Gasteiger partial charge in [-0.3, -0.25) is 9.59 Å². The average Bonchev–Trinajstić information content (AvgIpc) is 2.60. The predicted octanol–water partition coefficient (Wildman–Crippen LogP) is 4.36. The third-order valence-corrected chi connectivity index (χ3v) is 4.11. The summed E-state index contributed by atoms with van der Waals surface area (Å²) in [5.74, 6) is 0.243. The number of allylic oxidation sites excluding steroid dienone is 1. The highest BCUT2D eigenvalue weighted by atomic mass is 35.5. The van der Waals surface area contributed by atoms with Crippen LogP contribution in [0.25, 0.3) is 6.08 Å². The summed E-state index contributed by atoms with van der Waals surface area (Å²) >= 11 is 11.8. The number of ketones is 1. The van der Waals surface area contributed by atoms with E-state index in [0.29, 0.717) is 21.4 Å². The molecule has 0 aliphatic carbocycles. The summed E-state index contributed by atoms with van der Waals surface area (Å²) in [4.78, 5) is 25.1. The van der Waals surface area contributed by atoms with Crippen molar-refractivity contribution in [2.75, 3.05) is 20.7 Å². The van der Waals surface area contributed by atoms with Gasteiger partial charge in [-0.2, -0.15) is 0 Å². The molecule has 2 rings (SSSR count). The van der Waals surface area contributed by atoms with Crippen LogP contribution in [-0.2, 0) is 4.79 Å². The fraction of sp³-hybridized carbons (Fsp3) is 0.158. The first-order chi connectivity index (χ1) is 11.9. The molecule has 6 heteroatoms. The van der Waals surface area contributed by atoms with Crippen molar-refractivity contribution in [3.8, 4) is 5.75 Å². The molecule has 0 fully saturated rings. The first kappa shape index (κ1) is 19.0. The molecule has 2 aromatic carbocycles. The van der Waals surface area contributed by atoms with Crippen LogP contribution in [0.4, 0.5) is 0 Å². The minimum Gasteiger partial charge on any atom is -0.484 e. The van der Waals surface area contributed by atoms with E-state index in [9.17, 15) is 9.59 Å². The molecule has 0 spiro atoms. The van der Waals surface area contributed by atoms with E-state index in [1.54, 1.807) is 62.6 Å². The van der Waals surface area contributed by atoms with Gasteiger partial charge in [0.1, 0.15) is 5.75 Å². The Morgan fingerprint density at radius 1 is 1.04 bits per heavy atom. The van der Waals surface area contributed by atoms with Crippen molar-refractivity contribution >= 4 is 41.0 Å². The monoisotopic (exact) mass is 377 g/mol. The van der Waals surface area contributed by atoms with Gasteiger partial charge >= 0.3 is 0 Å². The third kappa shape index (κ3) is 5.62. The van der Waals surface area contributed by atoms with Gasteiger partial charge in [0, 0.05) is 19.7 Å². The highest BCUT2D eigenvalue weighted by molar-refractivity contribution is 6.42. The van der Waals surface area contributed by atoms with E-state index in [-0.39, 0.29) is 18.3 Å². The maximum Gasteiger partial charge on any atom is 0.259 e. The number of benzene rings is 2. The summed E-state index contributed by atoms with van der Waals surface area (Å²) in [7, 11) is 3.32. The Morgan fingerprint density at radius 2 is 1.72 bits per heavy atom. The fourth-order valence-electron chi connectivity index (χ4n) is 1.87. The van der Waals surface area contributed by atoms with Crippen LogP contribution in [0.5, 0.6) is 5.75 Å². The second-order valence-electron chi connectivity index (χ2n) is 5.47. The second kappa shape index (κ2) is 8.70. The lowest BCUT2D eigenvalue weighted by atomic mass is 10.1. The standard InChI is InChI=1S/C19H17Cl2NO3/c1-22(2)19(24)12-25-15-7-5-14(6-8-15)18(23)10-4-13-3-9-16(20)17(21)11-13/h3-11H,12H2,1-2H3/b10-4+. The Balaban J connectivity index is 1.98. The molecule has 0 aromatic heterocycles. The number of carbonyl (C=O) groups excluding carboxylic acids is 2. The molecule has 0 aliphatic heterocycles. The Morgan fingerprint density at radius 3 is 2.32 bits per heavy atom. The minimum atomic E-state index is -0.151. The molecule has 0 N–H and O–H groups in total. The van der Waals surface area contributed by atoms with Crippen LogP contribution < -0.4 is 4.74 Å². The number of hydrogen-bond donors (Lipinski definition) is 0. The van der Waals surface area contributed by atoms with E-state index in [1.807, 2.05) is 0 Å². The summed E-state index contributed by atoms with van der Waals surface area (Å²) in [6.45, 7) is -0.0441. The molecule has 0 aliphatic rings. The lowest BCUT2D eigenvalue weighted by Crippen LogP contribution is -2.27. The van der Waals surface area contributed by atoms with Crippen LogP contribution in [0.2, 0.25) is 10.0 Å². The zero-order chi connectivity index (χ0) is 18.4. The average molecular weight is 378 g/mol. The molecule has 130 valence electrons. The Labute approximate surface area is 156 Å². The molecule has 0 radical (unpaired) electrons. The Hall–Kier alpha value is -2.30. The van der Waals surface area contributed by atoms with E-state index in [2.05, 4.69) is 0 Å². The van der Waals surface area contributed by atoms with Crippen LogP contribution in [0, 0.1) is 0 Å². The molecule has 0 saturated carbocycles. The van der Waals surface area contributed by atoms with Crippen LogP contribution in [0.1, 0.15) is 15.9 Å². The molecular formula is C19H17Cl2NO3. The van der Waals surface area contributed by atoms with E-state index in [0.717, 1.165) is 5.56 Å². The third-order valence-electron chi connectivity index (χ3n) is 3.37. The fourth-order valence-corrected chi connectivity index (χ4v) is 2.18. The summed E-state index contributed by atoms with van der Waals surface area (Å²) < 4.78 is 5.37. The Kier molecular flexibility index (Phi) is 6.62. The molecule has 0 saturated heterocycles. The van der Waals surface area contributed by atoms with Crippen molar-refractivity contribution in [3.05, 3.63) is 69.7 Å². The van der Waals surface area contributed by atoms with E-state index < -0.39 is 0 Å². The van der Waals surface area contributed by atoms with Crippen molar-refractivity contribution < 1.29 is 14.3 Å². The van der Waals surface area contributed by atoms with Gasteiger partial charge < -0.3 is 9.64 Å². The molecule has 25 heavy (non-hydrogen) atoms. The van der Waals surface area contributed by atoms with Gasteiger partial charge in [0.05, 0.1) is 10.0 Å². The summed E-state index contributed by atoms with van der Waals surface area (Å²) in [6.07, 6.45) is 3.13. The molecule has 4 nitrogen and oxygen atoms in total. The van der Waals surface area contributed by atoms with Gasteiger partial charge in [0.2, 0.25) is 0 Å². The van der Waals surface area contributed by atoms with Crippen LogP contribution in [0.3, 0.4) is 0 Å². The van der Waals surface area contributed by atoms with Gasteiger partial charge in [-0.1, -0.05) is 35.3 Å². The smallest absolute Gasteiger partial charge is 0.259 e. The van der Waals surface area contributed by atoms with Crippen molar-refractivity contribution in [1.29, 1.82) is 0 Å². The summed E-state index contributed by atoms with van der Waals surface area (Å²) in [6, 6.07) is 11.7. The number of hydrogen-bond acceptors (Lipinski definition) is 3. The molecular weight excluding hydrogens is 361 g/mol. The van der Waals surface area contributed by atoms with Crippen LogP contribution in [0.15, 0.2) is 48.5 Å². The molecule has 2 aromatic rings. The number of amides is 1. The molecule has 0 atom stereocenters. The largest absolute Gasteiger partial charge is 0.484 e. The normalized spacial score (nSPS) is 10.7. The van der Waals surface area contributed by atoms with Crippen molar-refractivity contribution in [3.63, 3.8) is 0 Å².